The van der Waals surface area contributed by atoms with E-state index < -0.39 is 11.7 Å². The molecule has 8 nitrogen and oxygen atoms in total. The molecular formula is C24H34F3N5O3. The minimum absolute atomic E-state index is 0.0472. The summed E-state index contributed by atoms with van der Waals surface area (Å²) in [4.78, 5) is 16.5. The minimum atomic E-state index is -4.39. The number of aliphatic hydroxyl groups excluding tert-OH is 1. The third-order valence-corrected chi connectivity index (χ3v) is 6.24. The molecule has 194 valence electrons. The van der Waals surface area contributed by atoms with Crippen LogP contribution in [0.15, 0.2) is 30.5 Å². The van der Waals surface area contributed by atoms with Gasteiger partial charge in [-0.15, -0.1) is 5.10 Å². The number of aromatic nitrogens is 3. The van der Waals surface area contributed by atoms with Gasteiger partial charge in [0, 0.05) is 38.5 Å². The predicted octanol–water partition coefficient (Wildman–Crippen LogP) is 2.95. The van der Waals surface area contributed by atoms with Gasteiger partial charge < -0.3 is 14.7 Å². The number of ether oxygens (including phenoxy) is 1. The van der Waals surface area contributed by atoms with Crippen LogP contribution in [0.5, 0.6) is 0 Å². The van der Waals surface area contributed by atoms with Crippen molar-refractivity contribution in [3.05, 3.63) is 47.3 Å². The van der Waals surface area contributed by atoms with Crippen LogP contribution >= 0.6 is 0 Å². The van der Waals surface area contributed by atoms with Crippen molar-refractivity contribution < 1.29 is 27.8 Å². The van der Waals surface area contributed by atoms with Crippen LogP contribution in [0.3, 0.4) is 0 Å². The fourth-order valence-corrected chi connectivity index (χ4v) is 4.22. The van der Waals surface area contributed by atoms with Gasteiger partial charge in [0.05, 0.1) is 37.1 Å². The SMILES string of the molecule is C[C@@H]1CN([C@@H](C)CO)C(=O)CCCn2cc(nn2)CO[C@H]1CN(C)Cc1cccc(C(F)(F)F)c1. The molecule has 3 rings (SSSR count). The number of likely N-dealkylation sites (N-methyl/N-ethyl adjacent to an activating group) is 1. The van der Waals surface area contributed by atoms with Crippen LogP contribution in [0, 0.1) is 5.92 Å². The van der Waals surface area contributed by atoms with E-state index >= 15 is 0 Å². The minimum Gasteiger partial charge on any atom is -0.394 e. The number of rotatable bonds is 6. The van der Waals surface area contributed by atoms with Crippen molar-refractivity contribution in [3.63, 3.8) is 0 Å². The third kappa shape index (κ3) is 7.74. The van der Waals surface area contributed by atoms with Gasteiger partial charge in [0.1, 0.15) is 5.69 Å². The topological polar surface area (TPSA) is 83.7 Å². The lowest BCUT2D eigenvalue weighted by Crippen LogP contribution is -2.47. The fraction of sp³-hybridized carbons (Fsp3) is 0.625. The normalized spacial score (nSPS) is 21.4. The maximum absolute atomic E-state index is 13.1. The van der Waals surface area contributed by atoms with Crippen LogP contribution in [0.4, 0.5) is 13.2 Å². The average Bonchev–Trinajstić information content (AvgIpc) is 3.26. The molecule has 0 unspecified atom stereocenters. The van der Waals surface area contributed by atoms with Crippen molar-refractivity contribution in [2.75, 3.05) is 26.7 Å². The Balaban J connectivity index is 1.76. The van der Waals surface area contributed by atoms with Crippen LogP contribution in [0.25, 0.3) is 0 Å². The first-order chi connectivity index (χ1) is 16.6. The molecule has 1 aromatic carbocycles. The van der Waals surface area contributed by atoms with E-state index in [-0.39, 0.29) is 37.2 Å². The molecule has 0 aliphatic carbocycles. The number of alkyl halides is 3. The number of aliphatic hydroxyl groups is 1. The third-order valence-electron chi connectivity index (χ3n) is 6.24. The van der Waals surface area contributed by atoms with Crippen molar-refractivity contribution in [3.8, 4) is 0 Å². The summed E-state index contributed by atoms with van der Waals surface area (Å²) in [5.74, 6) is -0.151. The van der Waals surface area contributed by atoms with E-state index in [1.165, 1.54) is 6.07 Å². The van der Waals surface area contributed by atoms with E-state index in [1.54, 1.807) is 21.8 Å². The molecule has 0 spiro atoms. The van der Waals surface area contributed by atoms with Crippen molar-refractivity contribution in [2.24, 2.45) is 5.92 Å². The first kappa shape index (κ1) is 27.1. The summed E-state index contributed by atoms with van der Waals surface area (Å²) in [6.07, 6.45) is -2.00. The molecule has 0 saturated carbocycles. The molecule has 1 aromatic heterocycles. The predicted molar refractivity (Wildman–Crippen MR) is 123 cm³/mol. The van der Waals surface area contributed by atoms with Gasteiger partial charge in [-0.3, -0.25) is 14.4 Å². The van der Waals surface area contributed by atoms with Crippen LogP contribution in [0.2, 0.25) is 0 Å². The number of carbonyl (C=O) groups is 1. The number of fused-ring (bicyclic) bond motifs is 2. The zero-order valence-corrected chi connectivity index (χ0v) is 20.4. The monoisotopic (exact) mass is 497 g/mol. The molecule has 2 bridgehead atoms. The number of nitrogens with zero attached hydrogens (tertiary/aromatic N) is 5. The zero-order valence-electron chi connectivity index (χ0n) is 20.4. The number of carbonyl (C=O) groups excluding carboxylic acids is 1. The Morgan fingerprint density at radius 1 is 1.34 bits per heavy atom. The highest BCUT2D eigenvalue weighted by atomic mass is 19.4. The van der Waals surface area contributed by atoms with Crippen molar-refractivity contribution in [1.82, 2.24) is 24.8 Å². The first-order valence-electron chi connectivity index (χ1n) is 11.8. The molecule has 1 aliphatic rings. The molecule has 1 aliphatic heterocycles. The maximum Gasteiger partial charge on any atom is 0.416 e. The number of halogens is 3. The van der Waals surface area contributed by atoms with Gasteiger partial charge in [0.2, 0.25) is 5.91 Å². The summed E-state index contributed by atoms with van der Waals surface area (Å²) in [5.41, 5.74) is 0.549. The zero-order chi connectivity index (χ0) is 25.6. The smallest absolute Gasteiger partial charge is 0.394 e. The Morgan fingerprint density at radius 2 is 2.11 bits per heavy atom. The Hall–Kier alpha value is -2.50. The van der Waals surface area contributed by atoms with Crippen LogP contribution in [-0.4, -0.2) is 74.7 Å². The summed E-state index contributed by atoms with van der Waals surface area (Å²) in [7, 11) is 1.83. The van der Waals surface area contributed by atoms with Gasteiger partial charge in [-0.1, -0.05) is 30.3 Å². The molecule has 2 heterocycles. The highest BCUT2D eigenvalue weighted by Gasteiger charge is 2.31. The highest BCUT2D eigenvalue weighted by molar-refractivity contribution is 5.76. The van der Waals surface area contributed by atoms with E-state index in [2.05, 4.69) is 10.3 Å². The summed E-state index contributed by atoms with van der Waals surface area (Å²) in [6.45, 7) is 5.56. The number of hydrogen-bond acceptors (Lipinski definition) is 6. The largest absolute Gasteiger partial charge is 0.416 e. The Morgan fingerprint density at radius 3 is 2.83 bits per heavy atom. The van der Waals surface area contributed by atoms with Gasteiger partial charge in [-0.2, -0.15) is 13.2 Å². The molecule has 0 fully saturated rings. The van der Waals surface area contributed by atoms with Crippen LogP contribution in [0.1, 0.15) is 43.5 Å². The van der Waals surface area contributed by atoms with Gasteiger partial charge in [0.25, 0.3) is 0 Å². The van der Waals surface area contributed by atoms with Crippen molar-refractivity contribution in [2.45, 2.75) is 64.7 Å². The quantitative estimate of drug-likeness (QED) is 0.661. The first-order valence-corrected chi connectivity index (χ1v) is 11.8. The maximum atomic E-state index is 13.1. The second-order valence-corrected chi connectivity index (χ2v) is 9.38. The number of amides is 1. The van der Waals surface area contributed by atoms with E-state index in [0.29, 0.717) is 50.3 Å². The summed E-state index contributed by atoms with van der Waals surface area (Å²) >= 11 is 0. The Labute approximate surface area is 203 Å². The molecule has 0 radical (unpaired) electrons. The summed E-state index contributed by atoms with van der Waals surface area (Å²) < 4.78 is 47.2. The number of hydrogen-bond donors (Lipinski definition) is 1. The van der Waals surface area contributed by atoms with Crippen molar-refractivity contribution >= 4 is 5.91 Å². The molecule has 2 aromatic rings. The average molecular weight is 498 g/mol. The fourth-order valence-electron chi connectivity index (χ4n) is 4.22. The van der Waals surface area contributed by atoms with Crippen molar-refractivity contribution in [1.29, 1.82) is 0 Å². The second-order valence-electron chi connectivity index (χ2n) is 9.38. The molecule has 35 heavy (non-hydrogen) atoms. The molecule has 0 saturated heterocycles. The highest BCUT2D eigenvalue weighted by Crippen LogP contribution is 2.29. The van der Waals surface area contributed by atoms with Gasteiger partial charge in [0.15, 0.2) is 0 Å². The van der Waals surface area contributed by atoms with E-state index in [4.69, 9.17) is 4.74 Å². The summed E-state index contributed by atoms with van der Waals surface area (Å²) in [5, 5.41) is 17.9. The lowest BCUT2D eigenvalue weighted by atomic mass is 10.0. The molecule has 1 N–H and O–H groups in total. The Kier molecular flexibility index (Phi) is 9.26. The van der Waals surface area contributed by atoms with Gasteiger partial charge >= 0.3 is 6.18 Å². The van der Waals surface area contributed by atoms with Gasteiger partial charge in [-0.25, -0.2) is 0 Å². The van der Waals surface area contributed by atoms with E-state index in [9.17, 15) is 23.1 Å². The lowest BCUT2D eigenvalue weighted by molar-refractivity contribution is -0.138. The standard InChI is InChI=1S/C24H34F3N5O3/c1-17-11-32(18(2)15-33)23(34)8-5-9-31-13-21(28-29-31)16-35-22(17)14-30(3)12-19-6-4-7-20(10-19)24(25,26)27/h4,6-7,10,13,17-18,22,33H,5,8-9,11-12,14-16H2,1-3H3/t17-,18+,22+/m1/s1. The van der Waals surface area contributed by atoms with E-state index in [1.807, 2.05) is 25.8 Å². The Bertz CT molecular complexity index is 968. The number of aryl methyl sites for hydroxylation is 1. The molecule has 11 heteroatoms. The lowest BCUT2D eigenvalue weighted by Gasteiger charge is -2.35. The molecular weight excluding hydrogens is 463 g/mol. The molecule has 1 amide bonds. The number of benzene rings is 1. The van der Waals surface area contributed by atoms with Crippen LogP contribution in [-0.2, 0) is 35.4 Å². The van der Waals surface area contributed by atoms with Gasteiger partial charge in [-0.05, 0) is 32.0 Å². The molecule has 3 atom stereocenters. The second kappa shape index (κ2) is 12.0. The van der Waals surface area contributed by atoms with E-state index in [0.717, 1.165) is 12.1 Å². The van der Waals surface area contributed by atoms with Crippen LogP contribution < -0.4 is 0 Å². The summed E-state index contributed by atoms with van der Waals surface area (Å²) in [6, 6.07) is 4.96.